The molecule has 0 N–H and O–H groups in total. The van der Waals surface area contributed by atoms with Gasteiger partial charge in [0, 0.05) is 18.5 Å². The molecule has 2 unspecified atom stereocenters. The summed E-state index contributed by atoms with van der Waals surface area (Å²) in [5.41, 5.74) is 1.22. The van der Waals surface area contributed by atoms with Gasteiger partial charge in [0.1, 0.15) is 0 Å². The van der Waals surface area contributed by atoms with Crippen LogP contribution in [0.15, 0.2) is 54.6 Å². The van der Waals surface area contributed by atoms with Crippen molar-refractivity contribution < 1.29 is 18.0 Å². The van der Waals surface area contributed by atoms with Crippen LogP contribution in [0.3, 0.4) is 0 Å². The predicted octanol–water partition coefficient (Wildman–Crippen LogP) is 5.25. The first-order valence-electron chi connectivity index (χ1n) is 8.79. The van der Waals surface area contributed by atoms with Crippen LogP contribution in [0, 0.1) is 5.92 Å². The number of benzene rings is 2. The maximum absolute atomic E-state index is 12.9. The molecule has 0 saturated heterocycles. The minimum Gasteiger partial charge on any atom is -0.336 e. The molecule has 1 saturated carbocycles. The zero-order valence-electron chi connectivity index (χ0n) is 14.8. The molecule has 0 radical (unpaired) electrons. The van der Waals surface area contributed by atoms with Gasteiger partial charge in [0.2, 0.25) is 5.91 Å². The molecule has 0 spiro atoms. The van der Waals surface area contributed by atoms with Crippen molar-refractivity contribution in [3.63, 3.8) is 0 Å². The van der Waals surface area contributed by atoms with Crippen molar-refractivity contribution in [2.24, 2.45) is 5.92 Å². The lowest BCUT2D eigenvalue weighted by molar-refractivity contribution is -0.137. The first-order chi connectivity index (χ1) is 12.3. The number of alkyl halides is 3. The molecule has 26 heavy (non-hydrogen) atoms. The number of amides is 1. The zero-order chi connectivity index (χ0) is 18.9. The highest BCUT2D eigenvalue weighted by atomic mass is 19.4. The largest absolute Gasteiger partial charge is 0.416 e. The third-order valence-electron chi connectivity index (χ3n) is 4.88. The van der Waals surface area contributed by atoms with Gasteiger partial charge in [0.15, 0.2) is 0 Å². The number of nitrogens with zero attached hydrogens (tertiary/aromatic N) is 1. The van der Waals surface area contributed by atoms with E-state index in [1.807, 2.05) is 49.1 Å². The summed E-state index contributed by atoms with van der Waals surface area (Å²) < 4.78 is 38.0. The Bertz CT molecular complexity index is 753. The van der Waals surface area contributed by atoms with Gasteiger partial charge in [-0.1, -0.05) is 42.5 Å². The second-order valence-electron chi connectivity index (χ2n) is 7.11. The lowest BCUT2D eigenvalue weighted by Gasteiger charge is -2.27. The Morgan fingerprint density at radius 3 is 2.23 bits per heavy atom. The van der Waals surface area contributed by atoms with E-state index in [9.17, 15) is 18.0 Å². The molecule has 0 aromatic heterocycles. The second kappa shape index (κ2) is 7.14. The highest BCUT2D eigenvalue weighted by Gasteiger charge is 2.46. The van der Waals surface area contributed by atoms with Crippen LogP contribution < -0.4 is 0 Å². The number of carbonyl (C=O) groups is 1. The molecule has 5 heteroatoms. The summed E-state index contributed by atoms with van der Waals surface area (Å²) in [6.45, 7) is 4.51. The Kier molecular flexibility index (Phi) is 5.08. The molecule has 0 aliphatic heterocycles. The molecule has 0 bridgehead atoms. The lowest BCUT2D eigenvalue weighted by atomic mass is 10.1. The van der Waals surface area contributed by atoms with E-state index in [2.05, 4.69) is 0 Å². The molecule has 0 heterocycles. The third-order valence-corrected chi connectivity index (χ3v) is 4.88. The van der Waals surface area contributed by atoms with Gasteiger partial charge >= 0.3 is 6.18 Å². The van der Waals surface area contributed by atoms with Crippen molar-refractivity contribution in [1.29, 1.82) is 0 Å². The molecule has 138 valence electrons. The fourth-order valence-electron chi connectivity index (χ4n) is 3.26. The van der Waals surface area contributed by atoms with Crippen molar-refractivity contribution >= 4 is 5.91 Å². The monoisotopic (exact) mass is 361 g/mol. The molecule has 2 atom stereocenters. The van der Waals surface area contributed by atoms with Gasteiger partial charge in [-0.15, -0.1) is 0 Å². The average Bonchev–Trinajstić information content (AvgIpc) is 3.40. The summed E-state index contributed by atoms with van der Waals surface area (Å²) in [5.74, 6) is -0.0478. The van der Waals surface area contributed by atoms with Gasteiger partial charge < -0.3 is 4.90 Å². The Labute approximate surface area is 151 Å². The molecule has 3 rings (SSSR count). The second-order valence-corrected chi connectivity index (χ2v) is 7.11. The summed E-state index contributed by atoms with van der Waals surface area (Å²) in [4.78, 5) is 14.8. The molecule has 1 amide bonds. The van der Waals surface area contributed by atoms with Crippen LogP contribution in [0.2, 0.25) is 0 Å². The fraction of sp³-hybridized carbons (Fsp3) is 0.381. The minimum absolute atomic E-state index is 0.0156. The number of hydrogen-bond acceptors (Lipinski definition) is 1. The zero-order valence-corrected chi connectivity index (χ0v) is 14.8. The molecule has 1 aliphatic rings. The van der Waals surface area contributed by atoms with E-state index in [-0.39, 0.29) is 23.8 Å². The van der Waals surface area contributed by atoms with Crippen LogP contribution in [-0.4, -0.2) is 16.8 Å². The maximum Gasteiger partial charge on any atom is 0.416 e. The molecular formula is C21H22F3NO. The van der Waals surface area contributed by atoms with E-state index in [4.69, 9.17) is 0 Å². The van der Waals surface area contributed by atoms with Gasteiger partial charge in [0.05, 0.1) is 5.56 Å². The van der Waals surface area contributed by atoms with Crippen molar-refractivity contribution in [3.05, 3.63) is 71.3 Å². The Balaban J connectivity index is 1.68. The fourth-order valence-corrected chi connectivity index (χ4v) is 3.26. The summed E-state index contributed by atoms with van der Waals surface area (Å²) in [7, 11) is 0. The minimum atomic E-state index is -4.33. The first kappa shape index (κ1) is 18.5. The summed E-state index contributed by atoms with van der Waals surface area (Å²) >= 11 is 0. The lowest BCUT2D eigenvalue weighted by Crippen LogP contribution is -2.37. The maximum atomic E-state index is 12.9. The van der Waals surface area contributed by atoms with Crippen molar-refractivity contribution in [2.75, 3.05) is 0 Å². The van der Waals surface area contributed by atoms with Crippen LogP contribution in [0.1, 0.15) is 42.9 Å². The topological polar surface area (TPSA) is 20.3 Å². The van der Waals surface area contributed by atoms with Gasteiger partial charge in [-0.2, -0.15) is 13.2 Å². The Morgan fingerprint density at radius 1 is 1.08 bits per heavy atom. The van der Waals surface area contributed by atoms with Crippen LogP contribution in [0.5, 0.6) is 0 Å². The summed E-state index contributed by atoms with van der Waals surface area (Å²) in [6.07, 6.45) is -3.64. The van der Waals surface area contributed by atoms with Crippen molar-refractivity contribution in [2.45, 2.75) is 44.9 Å². The van der Waals surface area contributed by atoms with E-state index in [0.29, 0.717) is 13.0 Å². The SMILES string of the molecule is CC(C)N(Cc1ccccc1)C(=O)C1CC1c1ccc(C(F)(F)F)cc1. The number of rotatable bonds is 5. The normalized spacial score (nSPS) is 19.5. The average molecular weight is 361 g/mol. The van der Waals surface area contributed by atoms with Gasteiger partial charge in [0.25, 0.3) is 0 Å². The molecule has 2 aromatic carbocycles. The van der Waals surface area contributed by atoms with Crippen molar-refractivity contribution in [3.8, 4) is 0 Å². The van der Waals surface area contributed by atoms with Crippen LogP contribution in [-0.2, 0) is 17.5 Å². The van der Waals surface area contributed by atoms with E-state index in [0.717, 1.165) is 23.3 Å². The smallest absolute Gasteiger partial charge is 0.336 e. The predicted molar refractivity (Wildman–Crippen MR) is 94.4 cm³/mol. The van der Waals surface area contributed by atoms with Gasteiger partial charge in [-0.05, 0) is 49.4 Å². The summed E-state index contributed by atoms with van der Waals surface area (Å²) in [5, 5.41) is 0. The van der Waals surface area contributed by atoms with Gasteiger partial charge in [-0.25, -0.2) is 0 Å². The van der Waals surface area contributed by atoms with E-state index < -0.39 is 11.7 Å². The molecule has 2 nitrogen and oxygen atoms in total. The van der Waals surface area contributed by atoms with E-state index >= 15 is 0 Å². The number of hydrogen-bond donors (Lipinski definition) is 0. The third kappa shape index (κ3) is 4.09. The number of carbonyl (C=O) groups excluding carboxylic acids is 1. The van der Waals surface area contributed by atoms with E-state index in [1.165, 1.54) is 12.1 Å². The molecule has 1 aliphatic carbocycles. The van der Waals surface area contributed by atoms with Gasteiger partial charge in [-0.3, -0.25) is 4.79 Å². The van der Waals surface area contributed by atoms with Crippen LogP contribution in [0.25, 0.3) is 0 Å². The molecule has 1 fully saturated rings. The van der Waals surface area contributed by atoms with Crippen LogP contribution >= 0.6 is 0 Å². The Hall–Kier alpha value is -2.30. The highest BCUT2D eigenvalue weighted by molar-refractivity contribution is 5.83. The number of halogens is 3. The summed E-state index contributed by atoms with van der Waals surface area (Å²) in [6, 6.07) is 15.1. The quantitative estimate of drug-likeness (QED) is 0.713. The van der Waals surface area contributed by atoms with Crippen molar-refractivity contribution in [1.82, 2.24) is 4.90 Å². The van der Waals surface area contributed by atoms with E-state index in [1.54, 1.807) is 0 Å². The molecular weight excluding hydrogens is 339 g/mol. The molecule has 2 aromatic rings. The standard InChI is InChI=1S/C21H22F3NO/c1-14(2)25(13-15-6-4-3-5-7-15)20(26)19-12-18(19)16-8-10-17(11-9-16)21(22,23)24/h3-11,14,18-19H,12-13H2,1-2H3. The van der Waals surface area contributed by atoms with Crippen LogP contribution in [0.4, 0.5) is 13.2 Å². The first-order valence-corrected chi connectivity index (χ1v) is 8.79. The highest BCUT2D eigenvalue weighted by Crippen LogP contribution is 2.49. The Morgan fingerprint density at radius 2 is 1.69 bits per heavy atom.